The maximum atomic E-state index is 11.9. The molecule has 0 bridgehead atoms. The minimum atomic E-state index is -0.957. The van der Waals surface area contributed by atoms with Gasteiger partial charge in [0, 0.05) is 6.54 Å². The van der Waals surface area contributed by atoms with E-state index in [1.54, 1.807) is 13.8 Å². The largest absolute Gasteiger partial charge is 0.388 e. The minimum absolute atomic E-state index is 0.183. The molecule has 3 nitrogen and oxygen atoms in total. The number of amides is 1. The number of carbonyl (C=O) groups is 1. The number of aliphatic hydroxyl groups is 1. The van der Waals surface area contributed by atoms with Gasteiger partial charge in [0.15, 0.2) is 0 Å². The summed E-state index contributed by atoms with van der Waals surface area (Å²) >= 11 is 11.9. The highest BCUT2D eigenvalue weighted by atomic mass is 35.5. The molecular weight excluding hydrogens is 273 g/mol. The fraction of sp³-hybridized carbons (Fsp3) is 0.923. The van der Waals surface area contributed by atoms with Gasteiger partial charge < -0.3 is 10.4 Å². The Morgan fingerprint density at radius 3 is 2.39 bits per heavy atom. The number of hydrogen-bond donors (Lipinski definition) is 2. The highest BCUT2D eigenvalue weighted by molar-refractivity contribution is 6.53. The molecule has 0 spiro atoms. The monoisotopic (exact) mass is 295 g/mol. The summed E-state index contributed by atoms with van der Waals surface area (Å²) in [7, 11) is 0. The van der Waals surface area contributed by atoms with E-state index in [0.717, 1.165) is 6.42 Å². The van der Waals surface area contributed by atoms with E-state index in [1.165, 1.54) is 0 Å². The second-order valence-corrected chi connectivity index (χ2v) is 7.81. The third-order valence-corrected chi connectivity index (χ3v) is 4.75. The molecule has 2 unspecified atom stereocenters. The maximum Gasteiger partial charge on any atom is 0.229 e. The normalized spacial score (nSPS) is 28.9. The Morgan fingerprint density at radius 2 is 2.00 bits per heavy atom. The van der Waals surface area contributed by atoms with Crippen LogP contribution in [-0.2, 0) is 4.79 Å². The smallest absolute Gasteiger partial charge is 0.229 e. The molecule has 0 radical (unpaired) electrons. The van der Waals surface area contributed by atoms with Gasteiger partial charge in [0.2, 0.25) is 5.91 Å². The van der Waals surface area contributed by atoms with Crippen molar-refractivity contribution >= 4 is 29.1 Å². The fourth-order valence-electron chi connectivity index (χ4n) is 1.80. The zero-order chi connectivity index (χ0) is 14.2. The van der Waals surface area contributed by atoms with E-state index in [1.807, 2.05) is 0 Å². The van der Waals surface area contributed by atoms with Crippen LogP contribution in [0.25, 0.3) is 0 Å². The van der Waals surface area contributed by atoms with Crippen molar-refractivity contribution in [3.8, 4) is 0 Å². The number of hydrogen-bond acceptors (Lipinski definition) is 2. The van der Waals surface area contributed by atoms with Gasteiger partial charge in [0.05, 0.1) is 11.0 Å². The van der Waals surface area contributed by atoms with Crippen LogP contribution in [0.3, 0.4) is 0 Å². The summed E-state index contributed by atoms with van der Waals surface area (Å²) in [6, 6.07) is 0. The summed E-state index contributed by atoms with van der Waals surface area (Å²) < 4.78 is -0.957. The molecule has 0 aromatic heterocycles. The van der Waals surface area contributed by atoms with Gasteiger partial charge in [-0.25, -0.2) is 0 Å². The van der Waals surface area contributed by atoms with E-state index < -0.39 is 15.3 Å². The molecule has 0 aromatic rings. The average molecular weight is 296 g/mol. The predicted molar refractivity (Wildman–Crippen MR) is 74.9 cm³/mol. The zero-order valence-electron chi connectivity index (χ0n) is 11.5. The summed E-state index contributed by atoms with van der Waals surface area (Å²) in [6.45, 7) is 7.92. The second-order valence-electron chi connectivity index (χ2n) is 6.33. The van der Waals surface area contributed by atoms with Crippen LogP contribution in [0.5, 0.6) is 0 Å². The van der Waals surface area contributed by atoms with Crippen LogP contribution in [0, 0.1) is 11.3 Å². The number of rotatable bonds is 6. The average Bonchev–Trinajstić information content (AvgIpc) is 2.74. The predicted octanol–water partition coefficient (Wildman–Crippen LogP) is 2.87. The van der Waals surface area contributed by atoms with E-state index in [0.29, 0.717) is 18.8 Å². The molecule has 1 saturated carbocycles. The van der Waals surface area contributed by atoms with Crippen molar-refractivity contribution in [1.82, 2.24) is 5.32 Å². The van der Waals surface area contributed by atoms with Gasteiger partial charge in [0.25, 0.3) is 0 Å². The maximum absolute atomic E-state index is 11.9. The SMILES string of the molecule is CC(C)CCC(C)(O)CNC(=O)C1(C)CC1(Cl)Cl. The van der Waals surface area contributed by atoms with Crippen molar-refractivity contribution in [3.63, 3.8) is 0 Å². The van der Waals surface area contributed by atoms with E-state index >= 15 is 0 Å². The topological polar surface area (TPSA) is 49.3 Å². The number of alkyl halides is 2. The Bertz CT molecular complexity index is 329. The third-order valence-electron chi connectivity index (χ3n) is 3.65. The van der Waals surface area contributed by atoms with Gasteiger partial charge in [0.1, 0.15) is 4.33 Å². The molecule has 0 aliphatic heterocycles. The summed E-state index contributed by atoms with van der Waals surface area (Å²) in [5.74, 6) is 0.351. The molecule has 2 N–H and O–H groups in total. The molecule has 18 heavy (non-hydrogen) atoms. The second kappa shape index (κ2) is 5.18. The van der Waals surface area contributed by atoms with Crippen LogP contribution in [0.15, 0.2) is 0 Å². The van der Waals surface area contributed by atoms with Crippen LogP contribution < -0.4 is 5.32 Å². The molecule has 1 aliphatic carbocycles. The van der Waals surface area contributed by atoms with E-state index in [-0.39, 0.29) is 12.5 Å². The lowest BCUT2D eigenvalue weighted by molar-refractivity contribution is -0.127. The summed E-state index contributed by atoms with van der Waals surface area (Å²) in [5, 5.41) is 12.9. The summed E-state index contributed by atoms with van der Waals surface area (Å²) in [6.07, 6.45) is 2.05. The Kier molecular flexibility index (Phi) is 4.62. The first-order valence-electron chi connectivity index (χ1n) is 6.39. The fourth-order valence-corrected chi connectivity index (χ4v) is 2.51. The third kappa shape index (κ3) is 3.75. The summed E-state index contributed by atoms with van der Waals surface area (Å²) in [5.41, 5.74) is -1.60. The van der Waals surface area contributed by atoms with Crippen LogP contribution in [-0.4, -0.2) is 27.5 Å². The van der Waals surface area contributed by atoms with Crippen LogP contribution >= 0.6 is 23.2 Å². The van der Waals surface area contributed by atoms with Crippen LogP contribution in [0.1, 0.15) is 47.0 Å². The molecule has 0 heterocycles. The highest BCUT2D eigenvalue weighted by Crippen LogP contribution is 2.63. The molecule has 1 rings (SSSR count). The van der Waals surface area contributed by atoms with E-state index in [9.17, 15) is 9.90 Å². The molecule has 2 atom stereocenters. The van der Waals surface area contributed by atoms with Gasteiger partial charge in [-0.1, -0.05) is 13.8 Å². The Morgan fingerprint density at radius 1 is 1.50 bits per heavy atom. The van der Waals surface area contributed by atoms with Gasteiger partial charge in [-0.3, -0.25) is 4.79 Å². The van der Waals surface area contributed by atoms with Gasteiger partial charge in [-0.05, 0) is 39.0 Å². The molecule has 1 amide bonds. The van der Waals surface area contributed by atoms with Gasteiger partial charge >= 0.3 is 0 Å². The van der Waals surface area contributed by atoms with E-state index in [2.05, 4.69) is 19.2 Å². The molecule has 0 aromatic carbocycles. The molecule has 1 aliphatic rings. The molecule has 1 fully saturated rings. The Balaban J connectivity index is 2.39. The first kappa shape index (κ1) is 16.1. The standard InChI is InChI=1S/C13H23Cl2NO2/c1-9(2)5-6-11(3,18)8-16-10(17)12(4)7-13(12,14)15/h9,18H,5-8H2,1-4H3,(H,16,17). The Labute approximate surface area is 119 Å². The van der Waals surface area contributed by atoms with Gasteiger partial charge in [-0.2, -0.15) is 0 Å². The molecule has 0 saturated heterocycles. The van der Waals surface area contributed by atoms with Crippen molar-refractivity contribution < 1.29 is 9.90 Å². The Hall–Kier alpha value is 0.01000. The lowest BCUT2D eigenvalue weighted by Gasteiger charge is -2.25. The van der Waals surface area contributed by atoms with Crippen molar-refractivity contribution in [2.24, 2.45) is 11.3 Å². The van der Waals surface area contributed by atoms with E-state index in [4.69, 9.17) is 23.2 Å². The van der Waals surface area contributed by atoms with Crippen molar-refractivity contribution in [2.45, 2.75) is 56.9 Å². The van der Waals surface area contributed by atoms with Crippen molar-refractivity contribution in [3.05, 3.63) is 0 Å². The van der Waals surface area contributed by atoms with Crippen LogP contribution in [0.2, 0.25) is 0 Å². The number of carbonyl (C=O) groups excluding carboxylic acids is 1. The van der Waals surface area contributed by atoms with Crippen molar-refractivity contribution in [1.29, 1.82) is 0 Å². The molecule has 5 heteroatoms. The van der Waals surface area contributed by atoms with Crippen molar-refractivity contribution in [2.75, 3.05) is 6.54 Å². The lowest BCUT2D eigenvalue weighted by atomic mass is 9.95. The summed E-state index contributed by atoms with van der Waals surface area (Å²) in [4.78, 5) is 11.9. The quantitative estimate of drug-likeness (QED) is 0.740. The zero-order valence-corrected chi connectivity index (χ0v) is 13.0. The first-order valence-corrected chi connectivity index (χ1v) is 7.14. The number of nitrogens with one attached hydrogen (secondary N) is 1. The first-order chi connectivity index (χ1) is 8.00. The number of halogens is 2. The molecule has 106 valence electrons. The van der Waals surface area contributed by atoms with Gasteiger partial charge in [-0.15, -0.1) is 23.2 Å². The molecular formula is C13H23Cl2NO2. The highest BCUT2D eigenvalue weighted by Gasteiger charge is 2.67. The van der Waals surface area contributed by atoms with Crippen LogP contribution in [0.4, 0.5) is 0 Å². The lowest BCUT2D eigenvalue weighted by Crippen LogP contribution is -2.44. The minimum Gasteiger partial charge on any atom is -0.388 e.